The Morgan fingerprint density at radius 1 is 0.608 bits per heavy atom. The molecular formula is C45H30N4OS. The highest BCUT2D eigenvalue weighted by Gasteiger charge is 2.39. The second-order valence-electron chi connectivity index (χ2n) is 13.9. The van der Waals surface area contributed by atoms with Crippen LogP contribution in [-0.4, -0.2) is 14.4 Å². The number of benzene rings is 6. The molecule has 51 heavy (non-hydrogen) atoms. The van der Waals surface area contributed by atoms with Crippen molar-refractivity contribution in [2.24, 2.45) is 0 Å². The van der Waals surface area contributed by atoms with Crippen molar-refractivity contribution < 1.29 is 4.74 Å². The fourth-order valence-corrected chi connectivity index (χ4v) is 9.38. The van der Waals surface area contributed by atoms with E-state index in [1.54, 1.807) is 0 Å². The van der Waals surface area contributed by atoms with Gasteiger partial charge in [0.2, 0.25) is 0 Å². The second-order valence-corrected chi connectivity index (χ2v) is 14.9. The van der Waals surface area contributed by atoms with E-state index < -0.39 is 0 Å². The van der Waals surface area contributed by atoms with Crippen molar-refractivity contribution >= 4 is 87.1 Å². The Kier molecular flexibility index (Phi) is 5.82. The number of pyridine rings is 2. The zero-order valence-electron chi connectivity index (χ0n) is 28.0. The van der Waals surface area contributed by atoms with Crippen molar-refractivity contribution in [2.75, 3.05) is 4.90 Å². The molecule has 0 amide bonds. The highest BCUT2D eigenvalue weighted by atomic mass is 32.1. The Morgan fingerprint density at radius 2 is 1.41 bits per heavy atom. The number of nitrogens with zero attached hydrogens (tertiary/aromatic N) is 4. The maximum atomic E-state index is 6.73. The minimum atomic E-state index is -0.237. The van der Waals surface area contributed by atoms with Gasteiger partial charge in [0.1, 0.15) is 23.0 Å². The van der Waals surface area contributed by atoms with Crippen molar-refractivity contribution in [3.63, 3.8) is 0 Å². The van der Waals surface area contributed by atoms with Crippen LogP contribution >= 0.6 is 11.3 Å². The summed E-state index contributed by atoms with van der Waals surface area (Å²) in [6.07, 6.45) is 1.90. The first-order valence-corrected chi connectivity index (χ1v) is 18.1. The third-order valence-electron chi connectivity index (χ3n) is 10.6. The van der Waals surface area contributed by atoms with E-state index in [4.69, 9.17) is 14.7 Å². The van der Waals surface area contributed by atoms with Gasteiger partial charge in [-0.1, -0.05) is 80.6 Å². The molecule has 242 valence electrons. The van der Waals surface area contributed by atoms with Crippen LogP contribution < -0.4 is 9.64 Å². The van der Waals surface area contributed by atoms with Gasteiger partial charge in [-0.15, -0.1) is 11.3 Å². The molecule has 0 unspecified atom stereocenters. The van der Waals surface area contributed by atoms with Gasteiger partial charge in [-0.25, -0.2) is 9.97 Å². The number of fused-ring (bicyclic) bond motifs is 14. The van der Waals surface area contributed by atoms with Crippen LogP contribution in [0.3, 0.4) is 0 Å². The van der Waals surface area contributed by atoms with E-state index >= 15 is 0 Å². The molecule has 0 N–H and O–H groups in total. The number of hydrogen-bond acceptors (Lipinski definition) is 5. The third-order valence-corrected chi connectivity index (χ3v) is 11.8. The average molecular weight is 675 g/mol. The third kappa shape index (κ3) is 4.02. The lowest BCUT2D eigenvalue weighted by Gasteiger charge is -2.41. The molecule has 11 rings (SSSR count). The van der Waals surface area contributed by atoms with Crippen molar-refractivity contribution in [3.05, 3.63) is 157 Å². The Bertz CT molecular complexity index is 3060. The molecule has 0 saturated carbocycles. The molecular weight excluding hydrogens is 645 g/mol. The SMILES string of the molecule is CC1(C)c2cccnc2N(c2cccc(Oc3ccc4c5ccccc5n5c6ccccc6nc5c4c3)c2)c2c1ccc1sc3ccccc3c21. The molecule has 0 spiro atoms. The van der Waals surface area contributed by atoms with Gasteiger partial charge in [0, 0.05) is 54.2 Å². The molecule has 4 aromatic heterocycles. The number of anilines is 3. The van der Waals surface area contributed by atoms with Crippen LogP contribution in [0.15, 0.2) is 146 Å². The minimum absolute atomic E-state index is 0.237. The molecule has 1 aliphatic heterocycles. The first kappa shape index (κ1) is 28.6. The number of thiophene rings is 1. The van der Waals surface area contributed by atoms with Gasteiger partial charge in [-0.2, -0.15) is 0 Å². The lowest BCUT2D eigenvalue weighted by Crippen LogP contribution is -2.31. The highest BCUT2D eigenvalue weighted by molar-refractivity contribution is 7.26. The van der Waals surface area contributed by atoms with Gasteiger partial charge < -0.3 is 4.74 Å². The van der Waals surface area contributed by atoms with Crippen LogP contribution in [0.4, 0.5) is 17.2 Å². The Labute approximate surface area is 297 Å². The number of rotatable bonds is 3. The van der Waals surface area contributed by atoms with Crippen molar-refractivity contribution in [3.8, 4) is 11.5 Å². The first-order chi connectivity index (χ1) is 25.0. The van der Waals surface area contributed by atoms with E-state index in [1.807, 2.05) is 35.7 Å². The molecule has 10 aromatic rings. The van der Waals surface area contributed by atoms with E-state index in [9.17, 15) is 0 Å². The van der Waals surface area contributed by atoms with Gasteiger partial charge >= 0.3 is 0 Å². The molecule has 0 aliphatic carbocycles. The fourth-order valence-electron chi connectivity index (χ4n) is 8.28. The van der Waals surface area contributed by atoms with Gasteiger partial charge in [0.25, 0.3) is 0 Å². The van der Waals surface area contributed by atoms with E-state index in [2.05, 4.69) is 144 Å². The summed E-state index contributed by atoms with van der Waals surface area (Å²) < 4.78 is 11.6. The van der Waals surface area contributed by atoms with Crippen molar-refractivity contribution in [1.29, 1.82) is 0 Å². The van der Waals surface area contributed by atoms with E-state index in [-0.39, 0.29) is 5.41 Å². The largest absolute Gasteiger partial charge is 0.457 e. The van der Waals surface area contributed by atoms with Crippen molar-refractivity contribution in [1.82, 2.24) is 14.4 Å². The zero-order chi connectivity index (χ0) is 33.8. The lowest BCUT2D eigenvalue weighted by atomic mass is 9.74. The van der Waals surface area contributed by atoms with Crippen LogP contribution in [0.25, 0.3) is 58.5 Å². The summed E-state index contributed by atoms with van der Waals surface area (Å²) in [5.74, 6) is 2.46. The van der Waals surface area contributed by atoms with E-state index in [0.717, 1.165) is 56.0 Å². The van der Waals surface area contributed by atoms with Crippen molar-refractivity contribution in [2.45, 2.75) is 19.3 Å². The second kappa shape index (κ2) is 10.4. The van der Waals surface area contributed by atoms with E-state index in [0.29, 0.717) is 0 Å². The normalized spacial score (nSPS) is 13.8. The quantitative estimate of drug-likeness (QED) is 0.175. The number of aromatic nitrogens is 3. The topological polar surface area (TPSA) is 42.7 Å². The standard InChI is InChI=1S/C45H30N4OS/c1-45(2)34-22-23-40-41(32-14-4-8-19-39(32)51-40)42(34)48(44-35(45)15-10-24-46-44)27-11-9-12-28(25-27)50-29-20-21-30-31-13-3-6-17-37(31)49-38-18-7-5-16-36(38)47-43(49)33(30)26-29/h3-26H,1-2H3. The van der Waals surface area contributed by atoms with Crippen LogP contribution in [-0.2, 0) is 5.41 Å². The van der Waals surface area contributed by atoms with Gasteiger partial charge in [0.05, 0.1) is 27.9 Å². The molecule has 0 radical (unpaired) electrons. The predicted molar refractivity (Wildman–Crippen MR) is 212 cm³/mol. The summed E-state index contributed by atoms with van der Waals surface area (Å²) in [6, 6.07) is 49.2. The Hall–Kier alpha value is -6.24. The number of para-hydroxylation sites is 3. The van der Waals surface area contributed by atoms with E-state index in [1.165, 1.54) is 42.4 Å². The number of imidazole rings is 1. The first-order valence-electron chi connectivity index (χ1n) is 17.2. The van der Waals surface area contributed by atoms with Gasteiger partial charge in [-0.05, 0) is 77.7 Å². The molecule has 6 heteroatoms. The number of hydrogen-bond donors (Lipinski definition) is 0. The van der Waals surface area contributed by atoms with Gasteiger partial charge in [-0.3, -0.25) is 9.30 Å². The maximum Gasteiger partial charge on any atom is 0.146 e. The lowest BCUT2D eigenvalue weighted by molar-refractivity contribution is 0.483. The minimum Gasteiger partial charge on any atom is -0.457 e. The summed E-state index contributed by atoms with van der Waals surface area (Å²) in [6.45, 7) is 4.62. The molecule has 1 aliphatic rings. The maximum absolute atomic E-state index is 6.73. The Morgan fingerprint density at radius 3 is 2.33 bits per heavy atom. The molecule has 0 bridgehead atoms. The molecule has 5 heterocycles. The summed E-state index contributed by atoms with van der Waals surface area (Å²) in [5.41, 5.74) is 8.55. The molecule has 0 atom stereocenters. The Balaban J connectivity index is 1.09. The summed E-state index contributed by atoms with van der Waals surface area (Å²) >= 11 is 1.84. The molecule has 6 aromatic carbocycles. The summed E-state index contributed by atoms with van der Waals surface area (Å²) in [4.78, 5) is 12.5. The zero-order valence-corrected chi connectivity index (χ0v) is 28.8. The van der Waals surface area contributed by atoms with Crippen LogP contribution in [0.2, 0.25) is 0 Å². The average Bonchev–Trinajstić information content (AvgIpc) is 3.75. The summed E-state index contributed by atoms with van der Waals surface area (Å²) in [7, 11) is 0. The van der Waals surface area contributed by atoms with Gasteiger partial charge in [0.15, 0.2) is 0 Å². The monoisotopic (exact) mass is 674 g/mol. The van der Waals surface area contributed by atoms with Crippen LogP contribution in [0.5, 0.6) is 11.5 Å². The molecule has 5 nitrogen and oxygen atoms in total. The highest BCUT2D eigenvalue weighted by Crippen LogP contribution is 2.55. The summed E-state index contributed by atoms with van der Waals surface area (Å²) in [5, 5.41) is 5.92. The molecule has 0 saturated heterocycles. The molecule has 0 fully saturated rings. The van der Waals surface area contributed by atoms with Crippen LogP contribution in [0, 0.1) is 0 Å². The fraction of sp³-hybridized carbons (Fsp3) is 0.0667. The predicted octanol–water partition coefficient (Wildman–Crippen LogP) is 12.5. The number of ether oxygens (including phenoxy) is 1. The smallest absolute Gasteiger partial charge is 0.146 e. The van der Waals surface area contributed by atoms with Crippen LogP contribution in [0.1, 0.15) is 25.0 Å².